The van der Waals surface area contributed by atoms with E-state index >= 15 is 0 Å². The lowest BCUT2D eigenvalue weighted by atomic mass is 10.2. The molecular formula is C14H21BrN2O2. The van der Waals surface area contributed by atoms with Gasteiger partial charge in [-0.05, 0) is 31.2 Å². The number of carbonyl (C=O) groups is 1. The molecular weight excluding hydrogens is 308 g/mol. The van der Waals surface area contributed by atoms with E-state index in [9.17, 15) is 4.79 Å². The molecule has 0 fully saturated rings. The molecule has 0 unspecified atom stereocenters. The smallest absolute Gasteiger partial charge is 0.234 e. The van der Waals surface area contributed by atoms with Crippen LogP contribution in [0.1, 0.15) is 12.0 Å². The molecule has 0 aliphatic heterocycles. The average molecular weight is 329 g/mol. The molecule has 0 saturated carbocycles. The number of nitrogens with zero attached hydrogens (tertiary/aromatic N) is 1. The molecule has 0 aliphatic carbocycles. The van der Waals surface area contributed by atoms with Crippen LogP contribution in [0.2, 0.25) is 0 Å². The molecule has 0 aromatic heterocycles. The number of likely N-dealkylation sites (N-methyl/N-ethyl adjacent to an activating group) is 1. The number of rotatable bonds is 8. The number of hydrogen-bond acceptors (Lipinski definition) is 3. The van der Waals surface area contributed by atoms with E-state index in [1.165, 1.54) is 5.56 Å². The Morgan fingerprint density at radius 3 is 2.95 bits per heavy atom. The average Bonchev–Trinajstić information content (AvgIpc) is 2.34. The van der Waals surface area contributed by atoms with Crippen LogP contribution in [0.4, 0.5) is 0 Å². The number of nitrogens with one attached hydrogen (secondary N) is 1. The molecule has 1 aromatic rings. The molecule has 0 spiro atoms. The van der Waals surface area contributed by atoms with Crippen molar-refractivity contribution in [2.75, 3.05) is 33.9 Å². The summed E-state index contributed by atoms with van der Waals surface area (Å²) >= 11 is 3.44. The number of halogens is 1. The molecule has 0 atom stereocenters. The number of hydrogen-bond donors (Lipinski definition) is 1. The molecule has 0 bridgehead atoms. The van der Waals surface area contributed by atoms with Gasteiger partial charge in [-0.2, -0.15) is 0 Å². The second kappa shape index (κ2) is 9.07. The Labute approximate surface area is 123 Å². The number of amides is 1. The lowest BCUT2D eigenvalue weighted by Gasteiger charge is -2.16. The van der Waals surface area contributed by atoms with E-state index in [-0.39, 0.29) is 5.91 Å². The van der Waals surface area contributed by atoms with Crippen LogP contribution in [-0.4, -0.2) is 44.7 Å². The predicted molar refractivity (Wildman–Crippen MR) is 80.0 cm³/mol. The van der Waals surface area contributed by atoms with Gasteiger partial charge in [0, 0.05) is 31.3 Å². The molecule has 0 aliphatic rings. The van der Waals surface area contributed by atoms with Crippen LogP contribution >= 0.6 is 15.9 Å². The summed E-state index contributed by atoms with van der Waals surface area (Å²) in [6.45, 7) is 2.50. The third kappa shape index (κ3) is 7.30. The van der Waals surface area contributed by atoms with Crippen molar-refractivity contribution in [3.63, 3.8) is 0 Å². The van der Waals surface area contributed by atoms with Crippen LogP contribution in [0, 0.1) is 0 Å². The Hall–Kier alpha value is -0.910. The van der Waals surface area contributed by atoms with E-state index in [1.54, 1.807) is 7.11 Å². The minimum atomic E-state index is 0.0496. The maximum atomic E-state index is 11.7. The Kier molecular flexibility index (Phi) is 7.70. The molecule has 1 aromatic carbocycles. The summed E-state index contributed by atoms with van der Waals surface area (Å²) in [7, 11) is 3.60. The van der Waals surface area contributed by atoms with E-state index in [0.717, 1.165) is 17.4 Å². The fourth-order valence-corrected chi connectivity index (χ4v) is 2.19. The summed E-state index contributed by atoms with van der Waals surface area (Å²) < 4.78 is 5.99. The van der Waals surface area contributed by atoms with Gasteiger partial charge in [-0.15, -0.1) is 0 Å². The lowest BCUT2D eigenvalue weighted by molar-refractivity contribution is -0.122. The van der Waals surface area contributed by atoms with Gasteiger partial charge in [0.2, 0.25) is 5.91 Å². The van der Waals surface area contributed by atoms with Crippen LogP contribution in [0.5, 0.6) is 0 Å². The van der Waals surface area contributed by atoms with E-state index in [4.69, 9.17) is 4.74 Å². The first-order valence-corrected chi connectivity index (χ1v) is 7.09. The van der Waals surface area contributed by atoms with E-state index in [0.29, 0.717) is 19.7 Å². The van der Waals surface area contributed by atoms with Crippen LogP contribution in [0.15, 0.2) is 28.7 Å². The van der Waals surface area contributed by atoms with Gasteiger partial charge < -0.3 is 10.1 Å². The molecule has 106 valence electrons. The van der Waals surface area contributed by atoms with Crippen molar-refractivity contribution < 1.29 is 9.53 Å². The third-order valence-electron chi connectivity index (χ3n) is 2.60. The van der Waals surface area contributed by atoms with Gasteiger partial charge in [0.15, 0.2) is 0 Å². The van der Waals surface area contributed by atoms with Crippen molar-refractivity contribution in [3.8, 4) is 0 Å². The van der Waals surface area contributed by atoms with Crippen molar-refractivity contribution in [3.05, 3.63) is 34.3 Å². The van der Waals surface area contributed by atoms with Gasteiger partial charge in [0.05, 0.1) is 6.54 Å². The summed E-state index contributed by atoms with van der Waals surface area (Å²) in [5.41, 5.74) is 1.18. The molecule has 1 N–H and O–H groups in total. The van der Waals surface area contributed by atoms with Gasteiger partial charge >= 0.3 is 0 Å². The Balaban J connectivity index is 2.26. The zero-order valence-electron chi connectivity index (χ0n) is 11.5. The molecule has 0 saturated heterocycles. The Morgan fingerprint density at radius 1 is 1.47 bits per heavy atom. The van der Waals surface area contributed by atoms with Crippen molar-refractivity contribution in [2.24, 2.45) is 0 Å². The van der Waals surface area contributed by atoms with Crippen LogP contribution in [-0.2, 0) is 16.1 Å². The van der Waals surface area contributed by atoms with Crippen molar-refractivity contribution in [1.29, 1.82) is 0 Å². The van der Waals surface area contributed by atoms with Gasteiger partial charge in [-0.25, -0.2) is 0 Å². The first-order valence-electron chi connectivity index (χ1n) is 6.30. The summed E-state index contributed by atoms with van der Waals surface area (Å²) in [5.74, 6) is 0.0496. The number of methoxy groups -OCH3 is 1. The van der Waals surface area contributed by atoms with Crippen molar-refractivity contribution >= 4 is 21.8 Å². The highest BCUT2D eigenvalue weighted by atomic mass is 79.9. The summed E-state index contributed by atoms with van der Waals surface area (Å²) in [6.07, 6.45) is 0.845. The molecule has 0 radical (unpaired) electrons. The van der Waals surface area contributed by atoms with Gasteiger partial charge in [0.1, 0.15) is 0 Å². The SMILES string of the molecule is COCCCNC(=O)CN(C)Cc1cccc(Br)c1. The highest BCUT2D eigenvalue weighted by molar-refractivity contribution is 9.10. The summed E-state index contributed by atoms with van der Waals surface area (Å²) in [4.78, 5) is 13.7. The fraction of sp³-hybridized carbons (Fsp3) is 0.500. The highest BCUT2D eigenvalue weighted by Gasteiger charge is 2.06. The molecule has 5 heteroatoms. The normalized spacial score (nSPS) is 10.7. The number of benzene rings is 1. The zero-order valence-corrected chi connectivity index (χ0v) is 13.1. The second-order valence-corrected chi connectivity index (χ2v) is 5.41. The van der Waals surface area contributed by atoms with Crippen LogP contribution in [0.3, 0.4) is 0 Å². The molecule has 0 heterocycles. The molecule has 1 rings (SSSR count). The van der Waals surface area contributed by atoms with Crippen LogP contribution in [0.25, 0.3) is 0 Å². The van der Waals surface area contributed by atoms with Crippen molar-refractivity contribution in [1.82, 2.24) is 10.2 Å². The maximum Gasteiger partial charge on any atom is 0.234 e. The lowest BCUT2D eigenvalue weighted by Crippen LogP contribution is -2.35. The molecule has 1 amide bonds. The van der Waals surface area contributed by atoms with E-state index < -0.39 is 0 Å². The molecule has 4 nitrogen and oxygen atoms in total. The first kappa shape index (κ1) is 16.1. The topological polar surface area (TPSA) is 41.6 Å². The molecule has 19 heavy (non-hydrogen) atoms. The maximum absolute atomic E-state index is 11.7. The zero-order chi connectivity index (χ0) is 14.1. The minimum absolute atomic E-state index is 0.0496. The predicted octanol–water partition coefficient (Wildman–Crippen LogP) is 2.03. The summed E-state index contributed by atoms with van der Waals surface area (Å²) in [5, 5.41) is 2.88. The minimum Gasteiger partial charge on any atom is -0.385 e. The van der Waals surface area contributed by atoms with E-state index in [2.05, 4.69) is 33.4 Å². The first-order chi connectivity index (χ1) is 9.11. The van der Waals surface area contributed by atoms with Gasteiger partial charge in [0.25, 0.3) is 0 Å². The largest absolute Gasteiger partial charge is 0.385 e. The van der Waals surface area contributed by atoms with Crippen LogP contribution < -0.4 is 5.32 Å². The highest BCUT2D eigenvalue weighted by Crippen LogP contribution is 2.12. The fourth-order valence-electron chi connectivity index (χ4n) is 1.75. The second-order valence-electron chi connectivity index (χ2n) is 4.50. The standard InChI is InChI=1S/C14H21BrN2O2/c1-17(10-12-5-3-6-13(15)9-12)11-14(18)16-7-4-8-19-2/h3,5-6,9H,4,7-8,10-11H2,1-2H3,(H,16,18). The monoisotopic (exact) mass is 328 g/mol. The number of ether oxygens (including phenoxy) is 1. The van der Waals surface area contributed by atoms with Gasteiger partial charge in [-0.1, -0.05) is 28.1 Å². The summed E-state index contributed by atoms with van der Waals surface area (Å²) in [6, 6.07) is 8.11. The number of carbonyl (C=O) groups excluding carboxylic acids is 1. The van der Waals surface area contributed by atoms with Gasteiger partial charge in [-0.3, -0.25) is 9.69 Å². The Bertz CT molecular complexity index is 399. The van der Waals surface area contributed by atoms with E-state index in [1.807, 2.05) is 24.1 Å². The third-order valence-corrected chi connectivity index (χ3v) is 3.10. The van der Waals surface area contributed by atoms with Crippen molar-refractivity contribution in [2.45, 2.75) is 13.0 Å². The quantitative estimate of drug-likeness (QED) is 0.742. The Morgan fingerprint density at radius 2 is 2.26 bits per heavy atom.